The molecule has 0 aromatic heterocycles. The van der Waals surface area contributed by atoms with Gasteiger partial charge in [0.25, 0.3) is 0 Å². The summed E-state index contributed by atoms with van der Waals surface area (Å²) in [6.45, 7) is 9.18. The second-order valence-corrected chi connectivity index (χ2v) is 11.8. The fraction of sp³-hybridized carbons (Fsp3) is 0.826. The molecule has 2 rings (SSSR count). The fourth-order valence-corrected chi connectivity index (χ4v) is 5.26. The zero-order valence-corrected chi connectivity index (χ0v) is 21.3. The van der Waals surface area contributed by atoms with Crippen molar-refractivity contribution in [1.29, 1.82) is 5.41 Å². The van der Waals surface area contributed by atoms with E-state index in [2.05, 4.69) is 31.4 Å². The van der Waals surface area contributed by atoms with Gasteiger partial charge in [-0.3, -0.25) is 15.0 Å². The van der Waals surface area contributed by atoms with Crippen LogP contribution in [0, 0.1) is 17.2 Å². The molecule has 2 fully saturated rings. The smallest absolute Gasteiger partial charge is 0.407 e. The predicted molar refractivity (Wildman–Crippen MR) is 131 cm³/mol. The van der Waals surface area contributed by atoms with Crippen LogP contribution in [0.15, 0.2) is 0 Å². The normalized spacial score (nSPS) is 24.1. The second kappa shape index (κ2) is 12.5. The molecule has 0 spiro atoms. The van der Waals surface area contributed by atoms with Crippen LogP contribution in [0.4, 0.5) is 4.79 Å². The zero-order chi connectivity index (χ0) is 24.6. The Bertz CT molecular complexity index is 703. The van der Waals surface area contributed by atoms with Crippen LogP contribution in [0.25, 0.3) is 0 Å². The summed E-state index contributed by atoms with van der Waals surface area (Å²) in [6, 6.07) is -1.26. The van der Waals surface area contributed by atoms with Crippen molar-refractivity contribution in [3.63, 3.8) is 0 Å². The highest BCUT2D eigenvalue weighted by Crippen LogP contribution is 2.29. The zero-order valence-electron chi connectivity index (χ0n) is 20.4. The van der Waals surface area contributed by atoms with E-state index in [1.807, 2.05) is 0 Å². The summed E-state index contributed by atoms with van der Waals surface area (Å²) in [5.41, 5.74) is 5.62. The van der Waals surface area contributed by atoms with E-state index in [0.717, 1.165) is 32.1 Å². The quantitative estimate of drug-likeness (QED) is 0.294. The van der Waals surface area contributed by atoms with Gasteiger partial charge in [0.1, 0.15) is 12.1 Å². The first kappa shape index (κ1) is 27.3. The van der Waals surface area contributed by atoms with Crippen molar-refractivity contribution >= 4 is 35.5 Å². The maximum Gasteiger partial charge on any atom is 0.407 e. The van der Waals surface area contributed by atoms with Crippen LogP contribution in [0.2, 0.25) is 0 Å². The standard InChI is InChI=1S/C23H41N5O4S/c1-5-32-22(31)27-17(14-33-23(2,3)4)21(30)28-12-6-7-18(28)20(29)26-13-15-8-10-16(11-9-15)19(24)25/h15-18H,5-14H2,1-4H3,(H3,24,25)(H,26,29)(H,27,31)/t15-,16-,17-,18-/m0/s1. The molecule has 0 bridgehead atoms. The summed E-state index contributed by atoms with van der Waals surface area (Å²) in [6.07, 6.45) is 4.40. The van der Waals surface area contributed by atoms with E-state index in [0.29, 0.717) is 31.2 Å². The Balaban J connectivity index is 1.95. The molecule has 1 saturated carbocycles. The van der Waals surface area contributed by atoms with Crippen LogP contribution in [-0.2, 0) is 14.3 Å². The third kappa shape index (κ3) is 8.72. The number of thioether (sulfide) groups is 1. The Labute approximate surface area is 201 Å². The van der Waals surface area contributed by atoms with Gasteiger partial charge in [-0.2, -0.15) is 11.8 Å². The van der Waals surface area contributed by atoms with Gasteiger partial charge in [-0.25, -0.2) is 4.79 Å². The van der Waals surface area contributed by atoms with Crippen molar-refractivity contribution in [2.24, 2.45) is 17.6 Å². The number of likely N-dealkylation sites (tertiary alicyclic amines) is 1. The summed E-state index contributed by atoms with van der Waals surface area (Å²) in [4.78, 5) is 40.0. The molecule has 9 nitrogen and oxygen atoms in total. The van der Waals surface area contributed by atoms with E-state index in [-0.39, 0.29) is 34.9 Å². The van der Waals surface area contributed by atoms with Crippen molar-refractivity contribution in [2.75, 3.05) is 25.4 Å². The minimum absolute atomic E-state index is 0.0714. The molecule has 5 N–H and O–H groups in total. The number of ether oxygens (including phenoxy) is 1. The number of nitrogens with two attached hydrogens (primary N) is 1. The number of amides is 3. The second-order valence-electron chi connectivity index (χ2n) is 9.95. The van der Waals surface area contributed by atoms with Gasteiger partial charge in [-0.1, -0.05) is 20.8 Å². The van der Waals surface area contributed by atoms with E-state index in [4.69, 9.17) is 15.9 Å². The Morgan fingerprint density at radius 1 is 1.18 bits per heavy atom. The van der Waals surface area contributed by atoms with E-state index < -0.39 is 18.2 Å². The molecule has 188 valence electrons. The molecule has 0 unspecified atom stereocenters. The molecule has 1 aliphatic carbocycles. The Hall–Kier alpha value is -1.97. The summed E-state index contributed by atoms with van der Waals surface area (Å²) < 4.78 is 4.92. The number of carbonyl (C=O) groups is 3. The highest BCUT2D eigenvalue weighted by molar-refractivity contribution is 8.00. The van der Waals surface area contributed by atoms with Crippen molar-refractivity contribution in [1.82, 2.24) is 15.5 Å². The molecule has 1 saturated heterocycles. The average Bonchev–Trinajstić information content (AvgIpc) is 3.24. The topological polar surface area (TPSA) is 138 Å². The monoisotopic (exact) mass is 483 g/mol. The van der Waals surface area contributed by atoms with Crippen LogP contribution >= 0.6 is 11.8 Å². The number of hydrogen-bond donors (Lipinski definition) is 4. The predicted octanol–water partition coefficient (Wildman–Crippen LogP) is 2.48. The molecule has 2 aliphatic rings. The van der Waals surface area contributed by atoms with Gasteiger partial charge >= 0.3 is 6.09 Å². The minimum Gasteiger partial charge on any atom is -0.450 e. The Kier molecular flexibility index (Phi) is 10.3. The lowest BCUT2D eigenvalue weighted by Crippen LogP contribution is -2.55. The maximum absolute atomic E-state index is 13.4. The minimum atomic E-state index is -0.747. The van der Waals surface area contributed by atoms with Gasteiger partial charge in [0, 0.05) is 29.5 Å². The summed E-state index contributed by atoms with van der Waals surface area (Å²) >= 11 is 1.59. The van der Waals surface area contributed by atoms with Gasteiger partial charge in [-0.05, 0) is 51.4 Å². The first-order valence-corrected chi connectivity index (χ1v) is 13.0. The number of rotatable bonds is 9. The Morgan fingerprint density at radius 3 is 2.42 bits per heavy atom. The van der Waals surface area contributed by atoms with Crippen LogP contribution in [0.3, 0.4) is 0 Å². The number of amidine groups is 1. The molecular weight excluding hydrogens is 442 g/mol. The van der Waals surface area contributed by atoms with Gasteiger partial charge < -0.3 is 26.0 Å². The number of nitrogens with one attached hydrogen (secondary N) is 3. The van der Waals surface area contributed by atoms with Gasteiger partial charge in [0.2, 0.25) is 11.8 Å². The molecule has 10 heteroatoms. The molecule has 0 aromatic carbocycles. The largest absolute Gasteiger partial charge is 0.450 e. The third-order valence-corrected chi connectivity index (χ3v) is 7.60. The molecule has 3 amide bonds. The molecule has 2 atom stereocenters. The first-order chi connectivity index (χ1) is 15.5. The lowest BCUT2D eigenvalue weighted by atomic mass is 9.81. The third-order valence-electron chi connectivity index (χ3n) is 6.24. The van der Waals surface area contributed by atoms with E-state index in [1.54, 1.807) is 23.6 Å². The summed E-state index contributed by atoms with van der Waals surface area (Å²) in [7, 11) is 0. The Morgan fingerprint density at radius 2 is 1.85 bits per heavy atom. The van der Waals surface area contributed by atoms with E-state index in [1.165, 1.54) is 0 Å². The van der Waals surface area contributed by atoms with Crippen LogP contribution in [0.1, 0.15) is 66.2 Å². The molecular formula is C23H41N5O4S. The lowest BCUT2D eigenvalue weighted by molar-refractivity contribution is -0.139. The van der Waals surface area contributed by atoms with Crippen LogP contribution in [0.5, 0.6) is 0 Å². The number of nitrogens with zero attached hydrogens (tertiary/aromatic N) is 1. The van der Waals surface area contributed by atoms with Crippen molar-refractivity contribution in [2.45, 2.75) is 83.1 Å². The van der Waals surface area contributed by atoms with Gasteiger partial charge in [0.05, 0.1) is 12.4 Å². The van der Waals surface area contributed by atoms with Gasteiger partial charge in [-0.15, -0.1) is 0 Å². The maximum atomic E-state index is 13.4. The summed E-state index contributed by atoms with van der Waals surface area (Å²) in [5, 5.41) is 13.3. The van der Waals surface area contributed by atoms with Crippen molar-refractivity contribution < 1.29 is 19.1 Å². The average molecular weight is 484 g/mol. The number of alkyl carbamates (subject to hydrolysis) is 1. The van der Waals surface area contributed by atoms with Gasteiger partial charge in [0.15, 0.2) is 0 Å². The molecule has 0 radical (unpaired) electrons. The molecule has 1 heterocycles. The highest BCUT2D eigenvalue weighted by atomic mass is 32.2. The van der Waals surface area contributed by atoms with Crippen molar-refractivity contribution in [3.05, 3.63) is 0 Å². The SMILES string of the molecule is CCOC(=O)N[C@@H](CSC(C)(C)C)C(=O)N1CCC[C@H]1C(=O)NC[C@H]1CC[C@H](C(=N)N)CC1. The van der Waals surface area contributed by atoms with E-state index in [9.17, 15) is 14.4 Å². The van der Waals surface area contributed by atoms with Crippen molar-refractivity contribution in [3.8, 4) is 0 Å². The van der Waals surface area contributed by atoms with Crippen LogP contribution in [-0.4, -0.2) is 70.9 Å². The highest BCUT2D eigenvalue weighted by Gasteiger charge is 2.38. The number of hydrogen-bond acceptors (Lipinski definition) is 6. The molecule has 33 heavy (non-hydrogen) atoms. The fourth-order valence-electron chi connectivity index (χ4n) is 4.37. The first-order valence-electron chi connectivity index (χ1n) is 12.0. The molecule has 0 aromatic rings. The lowest BCUT2D eigenvalue weighted by Gasteiger charge is -2.31. The van der Waals surface area contributed by atoms with Crippen LogP contribution < -0.4 is 16.4 Å². The van der Waals surface area contributed by atoms with E-state index >= 15 is 0 Å². The number of carbonyl (C=O) groups excluding carboxylic acids is 3. The summed E-state index contributed by atoms with van der Waals surface area (Å²) in [5.74, 6) is 0.831. The molecule has 1 aliphatic heterocycles.